The summed E-state index contributed by atoms with van der Waals surface area (Å²) in [5.74, 6) is 3.36. The highest BCUT2D eigenvalue weighted by Crippen LogP contribution is 2.12. The Morgan fingerprint density at radius 2 is 2.35 bits per heavy atom. The summed E-state index contributed by atoms with van der Waals surface area (Å²) >= 11 is 0. The van der Waals surface area contributed by atoms with Crippen molar-refractivity contribution in [2.75, 3.05) is 13.7 Å². The van der Waals surface area contributed by atoms with Gasteiger partial charge in [0, 0.05) is 19.5 Å². The smallest absolute Gasteiger partial charge is 0.119 e. The zero-order valence-electron chi connectivity index (χ0n) is 10.1. The van der Waals surface area contributed by atoms with Gasteiger partial charge in [0.25, 0.3) is 0 Å². The summed E-state index contributed by atoms with van der Waals surface area (Å²) in [5, 5.41) is 12.8. The van der Waals surface area contributed by atoms with Crippen LogP contribution in [-0.2, 0) is 6.54 Å². The molecule has 1 aromatic carbocycles. The molecule has 0 aliphatic carbocycles. The maximum Gasteiger partial charge on any atom is 0.119 e. The standard InChI is InChI=1S/C14H19NO2/c1-3-4-7-13(16)11-15-10-12-6-5-8-14(9-12)17-2/h1,5-6,8-9,13,15-16H,4,7,10-11H2,2H3/t13-/m1/s1. The second-order valence-electron chi connectivity index (χ2n) is 3.88. The molecule has 0 radical (unpaired) electrons. The van der Waals surface area contributed by atoms with Gasteiger partial charge in [0.05, 0.1) is 13.2 Å². The number of hydrogen-bond acceptors (Lipinski definition) is 3. The summed E-state index contributed by atoms with van der Waals surface area (Å²) in [4.78, 5) is 0. The van der Waals surface area contributed by atoms with E-state index in [0.29, 0.717) is 25.9 Å². The lowest BCUT2D eigenvalue weighted by Crippen LogP contribution is -2.26. The molecule has 0 unspecified atom stereocenters. The Bertz CT molecular complexity index is 371. The fourth-order valence-electron chi connectivity index (χ4n) is 1.52. The van der Waals surface area contributed by atoms with Crippen LogP contribution in [0.25, 0.3) is 0 Å². The second kappa shape index (κ2) is 7.72. The molecule has 1 atom stereocenters. The molecular weight excluding hydrogens is 214 g/mol. The quantitative estimate of drug-likeness (QED) is 0.702. The zero-order chi connectivity index (χ0) is 12.5. The average molecular weight is 233 g/mol. The molecule has 0 aliphatic rings. The lowest BCUT2D eigenvalue weighted by Gasteiger charge is -2.10. The topological polar surface area (TPSA) is 41.5 Å². The van der Waals surface area contributed by atoms with Crippen LogP contribution in [0.4, 0.5) is 0 Å². The normalized spacial score (nSPS) is 11.8. The van der Waals surface area contributed by atoms with Crippen LogP contribution in [0.15, 0.2) is 24.3 Å². The van der Waals surface area contributed by atoms with Crippen LogP contribution in [0.5, 0.6) is 5.75 Å². The lowest BCUT2D eigenvalue weighted by molar-refractivity contribution is 0.163. The summed E-state index contributed by atoms with van der Waals surface area (Å²) in [5.41, 5.74) is 1.13. The highest BCUT2D eigenvalue weighted by atomic mass is 16.5. The van der Waals surface area contributed by atoms with E-state index in [1.165, 1.54) is 0 Å². The molecule has 0 amide bonds. The first-order chi connectivity index (χ1) is 8.26. The van der Waals surface area contributed by atoms with Crippen LogP contribution < -0.4 is 10.1 Å². The number of hydrogen-bond donors (Lipinski definition) is 2. The number of aliphatic hydroxyl groups excluding tert-OH is 1. The summed E-state index contributed by atoms with van der Waals surface area (Å²) in [6.07, 6.45) is 6.01. The summed E-state index contributed by atoms with van der Waals surface area (Å²) in [6, 6.07) is 7.85. The molecular formula is C14H19NO2. The van der Waals surface area contributed by atoms with E-state index < -0.39 is 0 Å². The predicted octanol–water partition coefficient (Wildman–Crippen LogP) is 1.56. The first-order valence-electron chi connectivity index (χ1n) is 5.71. The van der Waals surface area contributed by atoms with Gasteiger partial charge < -0.3 is 15.2 Å². The Morgan fingerprint density at radius 3 is 3.06 bits per heavy atom. The van der Waals surface area contributed by atoms with Crippen molar-refractivity contribution in [2.45, 2.75) is 25.5 Å². The Hall–Kier alpha value is -1.50. The Labute approximate surface area is 103 Å². The fraction of sp³-hybridized carbons (Fsp3) is 0.429. The van der Waals surface area contributed by atoms with Crippen LogP contribution in [0, 0.1) is 12.3 Å². The van der Waals surface area contributed by atoms with Gasteiger partial charge >= 0.3 is 0 Å². The van der Waals surface area contributed by atoms with Gasteiger partial charge in [-0.05, 0) is 24.1 Å². The van der Waals surface area contributed by atoms with Crippen LogP contribution in [0.1, 0.15) is 18.4 Å². The predicted molar refractivity (Wildman–Crippen MR) is 68.8 cm³/mol. The van der Waals surface area contributed by atoms with Crippen LogP contribution in [-0.4, -0.2) is 24.9 Å². The molecule has 0 saturated carbocycles. The monoisotopic (exact) mass is 233 g/mol. The van der Waals surface area contributed by atoms with Crippen molar-refractivity contribution in [1.29, 1.82) is 0 Å². The van der Waals surface area contributed by atoms with Gasteiger partial charge in [-0.15, -0.1) is 12.3 Å². The van der Waals surface area contributed by atoms with Gasteiger partial charge in [0.15, 0.2) is 0 Å². The van der Waals surface area contributed by atoms with Crippen molar-refractivity contribution in [1.82, 2.24) is 5.32 Å². The molecule has 3 nitrogen and oxygen atoms in total. The van der Waals surface area contributed by atoms with Gasteiger partial charge in [-0.1, -0.05) is 12.1 Å². The Kier molecular flexibility index (Phi) is 6.16. The maximum absolute atomic E-state index is 9.58. The van der Waals surface area contributed by atoms with E-state index in [4.69, 9.17) is 11.2 Å². The second-order valence-corrected chi connectivity index (χ2v) is 3.88. The van der Waals surface area contributed by atoms with E-state index in [1.807, 2.05) is 24.3 Å². The van der Waals surface area contributed by atoms with Gasteiger partial charge in [-0.3, -0.25) is 0 Å². The highest BCUT2D eigenvalue weighted by molar-refractivity contribution is 5.28. The number of ether oxygens (including phenoxy) is 1. The van der Waals surface area contributed by atoms with Crippen molar-refractivity contribution in [2.24, 2.45) is 0 Å². The van der Waals surface area contributed by atoms with Gasteiger partial charge in [-0.25, -0.2) is 0 Å². The van der Waals surface area contributed by atoms with Gasteiger partial charge in [0.2, 0.25) is 0 Å². The first-order valence-corrected chi connectivity index (χ1v) is 5.71. The molecule has 0 fully saturated rings. The Morgan fingerprint density at radius 1 is 1.53 bits per heavy atom. The number of benzene rings is 1. The molecule has 1 aromatic rings. The third kappa shape index (κ3) is 5.39. The molecule has 0 heterocycles. The summed E-state index contributed by atoms with van der Waals surface area (Å²) < 4.78 is 5.14. The van der Waals surface area contributed by atoms with Gasteiger partial charge in [0.1, 0.15) is 5.75 Å². The number of terminal acetylenes is 1. The number of aliphatic hydroxyl groups is 1. The fourth-order valence-corrected chi connectivity index (χ4v) is 1.52. The lowest BCUT2D eigenvalue weighted by atomic mass is 10.2. The number of nitrogens with one attached hydrogen (secondary N) is 1. The third-order valence-corrected chi connectivity index (χ3v) is 2.47. The highest BCUT2D eigenvalue weighted by Gasteiger charge is 2.02. The third-order valence-electron chi connectivity index (χ3n) is 2.47. The molecule has 0 spiro atoms. The summed E-state index contributed by atoms with van der Waals surface area (Å²) in [6.45, 7) is 1.27. The SMILES string of the molecule is C#CCC[C@@H](O)CNCc1cccc(OC)c1. The summed E-state index contributed by atoms with van der Waals surface area (Å²) in [7, 11) is 1.65. The minimum atomic E-state index is -0.378. The van der Waals surface area contributed by atoms with Crippen molar-refractivity contribution in [3.05, 3.63) is 29.8 Å². The van der Waals surface area contributed by atoms with E-state index >= 15 is 0 Å². The van der Waals surface area contributed by atoms with E-state index in [2.05, 4.69) is 11.2 Å². The minimum Gasteiger partial charge on any atom is -0.497 e. The Balaban J connectivity index is 2.28. The van der Waals surface area contributed by atoms with Crippen molar-refractivity contribution >= 4 is 0 Å². The number of rotatable bonds is 7. The van der Waals surface area contributed by atoms with Crippen LogP contribution >= 0.6 is 0 Å². The van der Waals surface area contributed by atoms with E-state index in [1.54, 1.807) is 7.11 Å². The molecule has 0 bridgehead atoms. The van der Waals surface area contributed by atoms with Crippen molar-refractivity contribution < 1.29 is 9.84 Å². The molecule has 0 saturated heterocycles. The molecule has 2 N–H and O–H groups in total. The van der Waals surface area contributed by atoms with Crippen LogP contribution in [0.2, 0.25) is 0 Å². The van der Waals surface area contributed by atoms with Gasteiger partial charge in [-0.2, -0.15) is 0 Å². The minimum absolute atomic E-state index is 0.378. The van der Waals surface area contributed by atoms with Crippen LogP contribution in [0.3, 0.4) is 0 Å². The van der Waals surface area contributed by atoms with Crippen molar-refractivity contribution in [3.8, 4) is 18.1 Å². The molecule has 3 heteroatoms. The van der Waals surface area contributed by atoms with E-state index in [9.17, 15) is 5.11 Å². The first kappa shape index (κ1) is 13.6. The van der Waals surface area contributed by atoms with E-state index in [-0.39, 0.29) is 6.10 Å². The molecule has 0 aliphatic heterocycles. The van der Waals surface area contributed by atoms with Crippen molar-refractivity contribution in [3.63, 3.8) is 0 Å². The number of methoxy groups -OCH3 is 1. The molecule has 0 aromatic heterocycles. The molecule has 92 valence electrons. The average Bonchev–Trinajstić information content (AvgIpc) is 2.36. The molecule has 17 heavy (non-hydrogen) atoms. The largest absolute Gasteiger partial charge is 0.497 e. The van der Waals surface area contributed by atoms with E-state index in [0.717, 1.165) is 11.3 Å². The molecule has 1 rings (SSSR count). The zero-order valence-corrected chi connectivity index (χ0v) is 10.1. The maximum atomic E-state index is 9.58.